The summed E-state index contributed by atoms with van der Waals surface area (Å²) in [4.78, 5) is 3.24. The van der Waals surface area contributed by atoms with Gasteiger partial charge in [-0.2, -0.15) is 0 Å². The zero-order chi connectivity index (χ0) is 12.4. The first-order chi connectivity index (χ1) is 8.83. The maximum Gasteiger partial charge on any atom is 0.116 e. The highest BCUT2D eigenvalue weighted by molar-refractivity contribution is 5.71. The van der Waals surface area contributed by atoms with E-state index in [1.165, 1.54) is 5.56 Å². The van der Waals surface area contributed by atoms with Crippen LogP contribution in [0.25, 0.3) is 22.4 Å². The van der Waals surface area contributed by atoms with Crippen LogP contribution in [0.5, 0.6) is 5.75 Å². The van der Waals surface area contributed by atoms with Crippen LogP contribution in [0.4, 0.5) is 0 Å². The van der Waals surface area contributed by atoms with Gasteiger partial charge in [-0.25, -0.2) is 0 Å². The summed E-state index contributed by atoms with van der Waals surface area (Å²) in [6.45, 7) is 0. The van der Waals surface area contributed by atoms with Crippen molar-refractivity contribution in [2.45, 2.75) is 0 Å². The third-order valence-corrected chi connectivity index (χ3v) is 2.95. The second-order valence-corrected chi connectivity index (χ2v) is 4.22. The molecule has 88 valence electrons. The van der Waals surface area contributed by atoms with E-state index < -0.39 is 0 Å². The van der Waals surface area contributed by atoms with Crippen LogP contribution in [-0.4, -0.2) is 10.1 Å². The number of hydrogen-bond acceptors (Lipinski definition) is 1. The average Bonchev–Trinajstić information content (AvgIpc) is 2.89. The van der Waals surface area contributed by atoms with Crippen molar-refractivity contribution in [3.63, 3.8) is 0 Å². The Morgan fingerprint density at radius 3 is 2.28 bits per heavy atom. The Labute approximate surface area is 106 Å². The summed E-state index contributed by atoms with van der Waals surface area (Å²) in [6.07, 6.45) is 1.98. The van der Waals surface area contributed by atoms with Gasteiger partial charge in [0, 0.05) is 17.5 Å². The van der Waals surface area contributed by atoms with E-state index in [1.807, 2.05) is 36.5 Å². The van der Waals surface area contributed by atoms with Crippen LogP contribution >= 0.6 is 0 Å². The van der Waals surface area contributed by atoms with Crippen molar-refractivity contribution in [3.8, 4) is 28.1 Å². The number of phenolic OH excluding ortho intramolecular Hbond substituents is 1. The van der Waals surface area contributed by atoms with Crippen molar-refractivity contribution in [2.75, 3.05) is 0 Å². The summed E-state index contributed by atoms with van der Waals surface area (Å²) >= 11 is 0. The van der Waals surface area contributed by atoms with Crippen molar-refractivity contribution < 1.29 is 5.11 Å². The Kier molecular flexibility index (Phi) is 2.61. The van der Waals surface area contributed by atoms with Gasteiger partial charge in [0.1, 0.15) is 5.75 Å². The molecule has 3 aromatic rings. The lowest BCUT2D eigenvalue weighted by molar-refractivity contribution is 0.475. The van der Waals surface area contributed by atoms with Crippen LogP contribution in [0.1, 0.15) is 0 Å². The average molecular weight is 235 g/mol. The number of aromatic hydroxyl groups is 1. The number of aromatic nitrogens is 1. The maximum absolute atomic E-state index is 9.48. The second-order valence-electron chi connectivity index (χ2n) is 4.22. The lowest BCUT2D eigenvalue weighted by atomic mass is 10.1. The molecule has 3 rings (SSSR count). The highest BCUT2D eigenvalue weighted by Crippen LogP contribution is 2.27. The molecule has 0 bridgehead atoms. The van der Waals surface area contributed by atoms with Gasteiger partial charge in [0.25, 0.3) is 0 Å². The fraction of sp³-hybridized carbons (Fsp3) is 0. The van der Waals surface area contributed by atoms with Gasteiger partial charge in [-0.05, 0) is 29.3 Å². The number of aromatic amines is 1. The maximum atomic E-state index is 9.48. The van der Waals surface area contributed by atoms with Crippen LogP contribution < -0.4 is 0 Å². The molecule has 0 aliphatic heterocycles. The summed E-state index contributed by atoms with van der Waals surface area (Å²) in [5.41, 5.74) is 4.32. The second kappa shape index (κ2) is 4.41. The van der Waals surface area contributed by atoms with E-state index in [1.54, 1.807) is 12.1 Å². The molecule has 1 heterocycles. The molecule has 0 atom stereocenters. The molecule has 18 heavy (non-hydrogen) atoms. The molecule has 0 amide bonds. The molecular formula is C16H13NO. The molecule has 0 saturated heterocycles. The molecule has 1 aromatic heterocycles. The first-order valence-corrected chi connectivity index (χ1v) is 5.86. The third-order valence-electron chi connectivity index (χ3n) is 2.95. The van der Waals surface area contributed by atoms with Crippen molar-refractivity contribution >= 4 is 0 Å². The zero-order valence-corrected chi connectivity index (χ0v) is 9.80. The van der Waals surface area contributed by atoms with Crippen molar-refractivity contribution in [2.24, 2.45) is 0 Å². The van der Waals surface area contributed by atoms with Gasteiger partial charge >= 0.3 is 0 Å². The number of nitrogens with one attached hydrogen (secondary N) is 1. The standard InChI is InChI=1S/C16H13NO/c18-15-8-4-7-13(9-15)16-10-14(11-17-16)12-5-2-1-3-6-12/h1-11,17-18H. The minimum Gasteiger partial charge on any atom is -0.508 e. The van der Waals surface area contributed by atoms with Gasteiger partial charge in [-0.3, -0.25) is 0 Å². The Hall–Kier alpha value is -2.48. The molecule has 2 nitrogen and oxygen atoms in total. The molecule has 2 N–H and O–H groups in total. The molecular weight excluding hydrogens is 222 g/mol. The molecule has 0 aliphatic carbocycles. The van der Waals surface area contributed by atoms with Crippen molar-refractivity contribution in [1.82, 2.24) is 4.98 Å². The van der Waals surface area contributed by atoms with Gasteiger partial charge < -0.3 is 10.1 Å². The molecule has 0 spiro atoms. The lowest BCUT2D eigenvalue weighted by Crippen LogP contribution is -1.75. The quantitative estimate of drug-likeness (QED) is 0.690. The minimum absolute atomic E-state index is 0.281. The topological polar surface area (TPSA) is 36.0 Å². The summed E-state index contributed by atoms with van der Waals surface area (Å²) in [6, 6.07) is 19.5. The van der Waals surface area contributed by atoms with E-state index in [4.69, 9.17) is 0 Å². The number of rotatable bonds is 2. The first-order valence-electron chi connectivity index (χ1n) is 5.86. The summed E-state index contributed by atoms with van der Waals surface area (Å²) in [5.74, 6) is 0.281. The first kappa shape index (κ1) is 10.7. The molecule has 0 radical (unpaired) electrons. The molecule has 0 fully saturated rings. The summed E-state index contributed by atoms with van der Waals surface area (Å²) in [5, 5.41) is 9.48. The van der Waals surface area contributed by atoms with E-state index in [0.717, 1.165) is 16.8 Å². The van der Waals surface area contributed by atoms with Crippen molar-refractivity contribution in [3.05, 3.63) is 66.9 Å². The smallest absolute Gasteiger partial charge is 0.116 e. The third kappa shape index (κ3) is 2.00. The monoisotopic (exact) mass is 235 g/mol. The van der Waals surface area contributed by atoms with E-state index in [9.17, 15) is 5.11 Å². The molecule has 2 heteroatoms. The van der Waals surface area contributed by atoms with Gasteiger partial charge in [-0.15, -0.1) is 0 Å². The fourth-order valence-corrected chi connectivity index (χ4v) is 2.03. The summed E-state index contributed by atoms with van der Waals surface area (Å²) in [7, 11) is 0. The van der Waals surface area contributed by atoms with Crippen LogP contribution in [0.2, 0.25) is 0 Å². The van der Waals surface area contributed by atoms with Crippen LogP contribution in [-0.2, 0) is 0 Å². The Balaban J connectivity index is 2.00. The highest BCUT2D eigenvalue weighted by Gasteiger charge is 2.04. The molecule has 0 unspecified atom stereocenters. The predicted octanol–water partition coefficient (Wildman–Crippen LogP) is 4.05. The van der Waals surface area contributed by atoms with E-state index in [2.05, 4.69) is 23.2 Å². The van der Waals surface area contributed by atoms with E-state index >= 15 is 0 Å². The lowest BCUT2D eigenvalue weighted by Gasteiger charge is -1.98. The number of H-pyrrole nitrogens is 1. The SMILES string of the molecule is Oc1cccc(-c2cc(-c3ccccc3)c[nH]2)c1. The number of benzene rings is 2. The van der Waals surface area contributed by atoms with Gasteiger partial charge in [0.05, 0.1) is 0 Å². The highest BCUT2D eigenvalue weighted by atomic mass is 16.3. The van der Waals surface area contributed by atoms with Crippen LogP contribution in [0.3, 0.4) is 0 Å². The Morgan fingerprint density at radius 2 is 1.50 bits per heavy atom. The van der Waals surface area contributed by atoms with Crippen LogP contribution in [0.15, 0.2) is 66.9 Å². The van der Waals surface area contributed by atoms with Crippen LogP contribution in [0, 0.1) is 0 Å². The fourth-order valence-electron chi connectivity index (χ4n) is 2.03. The minimum atomic E-state index is 0.281. The van der Waals surface area contributed by atoms with Gasteiger partial charge in [0.15, 0.2) is 0 Å². The zero-order valence-electron chi connectivity index (χ0n) is 9.80. The van der Waals surface area contributed by atoms with Crippen molar-refractivity contribution in [1.29, 1.82) is 0 Å². The largest absolute Gasteiger partial charge is 0.508 e. The molecule has 0 saturated carbocycles. The molecule has 2 aromatic carbocycles. The Bertz CT molecular complexity index is 656. The predicted molar refractivity (Wildman–Crippen MR) is 73.3 cm³/mol. The number of phenols is 1. The molecule has 0 aliphatic rings. The summed E-state index contributed by atoms with van der Waals surface area (Å²) < 4.78 is 0. The van der Waals surface area contributed by atoms with E-state index in [0.29, 0.717) is 0 Å². The Morgan fingerprint density at radius 1 is 0.722 bits per heavy atom. The van der Waals surface area contributed by atoms with Gasteiger partial charge in [0.2, 0.25) is 0 Å². The van der Waals surface area contributed by atoms with E-state index in [-0.39, 0.29) is 5.75 Å². The normalized spacial score (nSPS) is 10.4. The number of hydrogen-bond donors (Lipinski definition) is 2. The van der Waals surface area contributed by atoms with Gasteiger partial charge in [-0.1, -0.05) is 42.5 Å².